The molecule has 5 heteroatoms. The van der Waals surface area contributed by atoms with Crippen LogP contribution in [-0.2, 0) is 25.9 Å². The highest BCUT2D eigenvalue weighted by atomic mass is 32.2. The lowest BCUT2D eigenvalue weighted by molar-refractivity contribution is -0.0140. The summed E-state index contributed by atoms with van der Waals surface area (Å²) in [6, 6.07) is 18.5. The normalized spacial score (nSPS) is 24.1. The standard InChI is InChI=1S/C19H22O4S/c1-15-19(24(20,21)18-10-6-3-7-11-18)12-17(23-15)14-22-13-16-8-4-2-5-9-16/h2-11,15,17,19H,12-14H2,1H3/t15-,17+,19+/m0/s1. The van der Waals surface area contributed by atoms with Gasteiger partial charge in [0.2, 0.25) is 0 Å². The number of benzene rings is 2. The zero-order valence-electron chi connectivity index (χ0n) is 13.7. The van der Waals surface area contributed by atoms with Gasteiger partial charge < -0.3 is 9.47 Å². The zero-order chi connectivity index (χ0) is 17.0. The summed E-state index contributed by atoms with van der Waals surface area (Å²) < 4.78 is 37.0. The van der Waals surface area contributed by atoms with Gasteiger partial charge in [-0.05, 0) is 31.0 Å². The van der Waals surface area contributed by atoms with Crippen LogP contribution in [0.5, 0.6) is 0 Å². The predicted octanol–water partition coefficient (Wildman–Crippen LogP) is 3.22. The van der Waals surface area contributed by atoms with Crippen molar-refractivity contribution < 1.29 is 17.9 Å². The van der Waals surface area contributed by atoms with E-state index < -0.39 is 15.1 Å². The third kappa shape index (κ3) is 3.86. The first-order valence-electron chi connectivity index (χ1n) is 8.13. The molecular weight excluding hydrogens is 324 g/mol. The van der Waals surface area contributed by atoms with E-state index in [0.29, 0.717) is 24.5 Å². The number of ether oxygens (including phenoxy) is 2. The van der Waals surface area contributed by atoms with Crippen molar-refractivity contribution in [3.8, 4) is 0 Å². The van der Waals surface area contributed by atoms with E-state index >= 15 is 0 Å². The van der Waals surface area contributed by atoms with Gasteiger partial charge in [-0.15, -0.1) is 0 Å². The first-order valence-corrected chi connectivity index (χ1v) is 9.68. The summed E-state index contributed by atoms with van der Waals surface area (Å²) >= 11 is 0. The summed E-state index contributed by atoms with van der Waals surface area (Å²) in [6.45, 7) is 2.73. The minimum atomic E-state index is -3.38. The zero-order valence-corrected chi connectivity index (χ0v) is 14.5. The quantitative estimate of drug-likeness (QED) is 0.806. The Labute approximate surface area is 143 Å². The molecule has 0 unspecified atom stereocenters. The molecule has 2 aromatic rings. The topological polar surface area (TPSA) is 52.6 Å². The first kappa shape index (κ1) is 17.1. The van der Waals surface area contributed by atoms with Crippen molar-refractivity contribution in [3.05, 3.63) is 66.2 Å². The fourth-order valence-corrected chi connectivity index (χ4v) is 4.97. The van der Waals surface area contributed by atoms with Gasteiger partial charge in [0.05, 0.1) is 35.6 Å². The molecule has 0 bridgehead atoms. The third-order valence-electron chi connectivity index (χ3n) is 4.31. The van der Waals surface area contributed by atoms with Gasteiger partial charge in [-0.1, -0.05) is 48.5 Å². The molecule has 3 rings (SSSR count). The molecule has 24 heavy (non-hydrogen) atoms. The average molecular weight is 346 g/mol. The SMILES string of the molecule is C[C@@H]1O[C@@H](COCc2ccccc2)C[C@H]1S(=O)(=O)c1ccccc1. The Kier molecular flexibility index (Phi) is 5.33. The van der Waals surface area contributed by atoms with Gasteiger partial charge in [0, 0.05) is 0 Å². The smallest absolute Gasteiger partial charge is 0.183 e. The van der Waals surface area contributed by atoms with Crippen LogP contribution in [0.4, 0.5) is 0 Å². The second-order valence-electron chi connectivity index (χ2n) is 6.10. The van der Waals surface area contributed by atoms with Crippen molar-refractivity contribution in [2.75, 3.05) is 6.61 Å². The molecular formula is C19H22O4S. The molecule has 1 fully saturated rings. The van der Waals surface area contributed by atoms with Crippen molar-refractivity contribution in [3.63, 3.8) is 0 Å². The summed E-state index contributed by atoms with van der Waals surface area (Å²) in [5.41, 5.74) is 1.09. The van der Waals surface area contributed by atoms with Crippen molar-refractivity contribution in [2.45, 2.75) is 42.3 Å². The summed E-state index contributed by atoms with van der Waals surface area (Å²) in [6.07, 6.45) is -0.0552. The van der Waals surface area contributed by atoms with E-state index in [4.69, 9.17) is 9.47 Å². The Morgan fingerprint density at radius 3 is 2.33 bits per heavy atom. The van der Waals surface area contributed by atoms with Gasteiger partial charge in [-0.3, -0.25) is 0 Å². The largest absolute Gasteiger partial charge is 0.374 e. The van der Waals surface area contributed by atoms with Crippen LogP contribution < -0.4 is 0 Å². The van der Waals surface area contributed by atoms with Crippen LogP contribution in [0.1, 0.15) is 18.9 Å². The van der Waals surface area contributed by atoms with Crippen molar-refractivity contribution in [1.82, 2.24) is 0 Å². The van der Waals surface area contributed by atoms with E-state index in [0.717, 1.165) is 5.56 Å². The summed E-state index contributed by atoms with van der Waals surface area (Å²) in [5, 5.41) is -0.523. The average Bonchev–Trinajstić information content (AvgIpc) is 2.98. The molecule has 0 radical (unpaired) electrons. The van der Waals surface area contributed by atoms with Crippen molar-refractivity contribution >= 4 is 9.84 Å². The van der Waals surface area contributed by atoms with E-state index in [1.165, 1.54) is 0 Å². The summed E-state index contributed by atoms with van der Waals surface area (Å²) in [5.74, 6) is 0. The Morgan fingerprint density at radius 1 is 1.04 bits per heavy atom. The number of hydrogen-bond donors (Lipinski definition) is 0. The van der Waals surface area contributed by atoms with Crippen LogP contribution >= 0.6 is 0 Å². The number of hydrogen-bond acceptors (Lipinski definition) is 4. The molecule has 4 nitrogen and oxygen atoms in total. The lowest BCUT2D eigenvalue weighted by Crippen LogP contribution is -2.28. The maximum Gasteiger partial charge on any atom is 0.183 e. The molecule has 1 aliphatic rings. The molecule has 1 heterocycles. The van der Waals surface area contributed by atoms with E-state index in [1.54, 1.807) is 24.3 Å². The molecule has 128 valence electrons. The van der Waals surface area contributed by atoms with Gasteiger partial charge in [-0.25, -0.2) is 8.42 Å². The van der Waals surface area contributed by atoms with Gasteiger partial charge in [-0.2, -0.15) is 0 Å². The number of rotatable bonds is 6. The van der Waals surface area contributed by atoms with E-state index in [1.807, 2.05) is 43.3 Å². The molecule has 3 atom stereocenters. The van der Waals surface area contributed by atoms with Gasteiger partial charge in [0.25, 0.3) is 0 Å². The van der Waals surface area contributed by atoms with E-state index in [9.17, 15) is 8.42 Å². The molecule has 0 spiro atoms. The second-order valence-corrected chi connectivity index (χ2v) is 8.26. The van der Waals surface area contributed by atoms with E-state index in [2.05, 4.69) is 0 Å². The fourth-order valence-electron chi connectivity index (χ4n) is 3.05. The highest BCUT2D eigenvalue weighted by Crippen LogP contribution is 2.30. The molecule has 0 N–H and O–H groups in total. The van der Waals surface area contributed by atoms with Crippen LogP contribution in [0.3, 0.4) is 0 Å². The molecule has 0 saturated carbocycles. The Hall–Kier alpha value is -1.69. The molecule has 0 aliphatic carbocycles. The Morgan fingerprint density at radius 2 is 1.67 bits per heavy atom. The molecule has 2 aromatic carbocycles. The maximum atomic E-state index is 12.8. The number of sulfone groups is 1. The molecule has 1 saturated heterocycles. The lowest BCUT2D eigenvalue weighted by atomic mass is 10.2. The molecule has 0 amide bonds. The van der Waals surface area contributed by atoms with E-state index in [-0.39, 0.29) is 12.2 Å². The summed E-state index contributed by atoms with van der Waals surface area (Å²) in [7, 11) is -3.38. The highest BCUT2D eigenvalue weighted by Gasteiger charge is 2.41. The van der Waals surface area contributed by atoms with Crippen LogP contribution in [0.25, 0.3) is 0 Å². The highest BCUT2D eigenvalue weighted by molar-refractivity contribution is 7.92. The Bertz CT molecular complexity index is 743. The van der Waals surface area contributed by atoms with Crippen LogP contribution in [0.15, 0.2) is 65.6 Å². The molecule has 0 aromatic heterocycles. The van der Waals surface area contributed by atoms with Gasteiger partial charge in [0.15, 0.2) is 9.84 Å². The van der Waals surface area contributed by atoms with Crippen LogP contribution in [0.2, 0.25) is 0 Å². The monoisotopic (exact) mass is 346 g/mol. The van der Waals surface area contributed by atoms with Crippen LogP contribution in [-0.4, -0.2) is 32.5 Å². The van der Waals surface area contributed by atoms with Crippen molar-refractivity contribution in [1.29, 1.82) is 0 Å². The second kappa shape index (κ2) is 7.47. The van der Waals surface area contributed by atoms with Gasteiger partial charge >= 0.3 is 0 Å². The van der Waals surface area contributed by atoms with Crippen LogP contribution in [0, 0.1) is 0 Å². The third-order valence-corrected chi connectivity index (χ3v) is 6.61. The maximum absolute atomic E-state index is 12.8. The van der Waals surface area contributed by atoms with Gasteiger partial charge in [0.1, 0.15) is 0 Å². The lowest BCUT2D eigenvalue weighted by Gasteiger charge is -2.14. The predicted molar refractivity (Wildman–Crippen MR) is 92.5 cm³/mol. The Balaban J connectivity index is 1.58. The first-order chi connectivity index (χ1) is 11.6. The minimum absolute atomic E-state index is 0.188. The molecule has 1 aliphatic heterocycles. The fraction of sp³-hybridized carbons (Fsp3) is 0.368. The van der Waals surface area contributed by atoms with Crippen molar-refractivity contribution in [2.24, 2.45) is 0 Å². The minimum Gasteiger partial charge on any atom is -0.374 e. The summed E-state index contributed by atoms with van der Waals surface area (Å²) in [4.78, 5) is 0.358.